The van der Waals surface area contributed by atoms with E-state index in [1.54, 1.807) is 0 Å². The first-order valence-corrected chi connectivity index (χ1v) is 9.82. The summed E-state index contributed by atoms with van der Waals surface area (Å²) in [5.74, 6) is -1.01. The molecule has 0 spiro atoms. The summed E-state index contributed by atoms with van der Waals surface area (Å²) in [6.07, 6.45) is 0. The van der Waals surface area contributed by atoms with E-state index in [1.807, 2.05) is 18.6 Å². The number of rotatable bonds is 6. The highest BCUT2D eigenvalue weighted by atomic mass is 35.5. The van der Waals surface area contributed by atoms with Crippen LogP contribution in [0.4, 0.5) is 0 Å². The van der Waals surface area contributed by atoms with E-state index in [9.17, 15) is 18.0 Å². The van der Waals surface area contributed by atoms with Crippen molar-refractivity contribution >= 4 is 33.4 Å². The average molecular weight is 411 g/mol. The van der Waals surface area contributed by atoms with Crippen LogP contribution in [0.1, 0.15) is 34.6 Å². The van der Waals surface area contributed by atoms with Crippen LogP contribution in [0.25, 0.3) is 0 Å². The highest BCUT2D eigenvalue weighted by Gasteiger charge is 2.22. The molecule has 2 aromatic carbocycles. The normalized spacial score (nSPS) is 11.1. The van der Waals surface area contributed by atoms with Crippen molar-refractivity contribution in [2.75, 3.05) is 7.11 Å². The summed E-state index contributed by atoms with van der Waals surface area (Å²) in [4.78, 5) is 24.1. The topological polar surface area (TPSA) is 102 Å². The molecule has 0 atom stereocenters. The molecular weight excluding hydrogens is 392 g/mol. The van der Waals surface area contributed by atoms with E-state index >= 15 is 0 Å². The van der Waals surface area contributed by atoms with Gasteiger partial charge in [0.05, 0.1) is 17.6 Å². The predicted molar refractivity (Wildman–Crippen MR) is 102 cm³/mol. The zero-order chi connectivity index (χ0) is 20.2. The highest BCUT2D eigenvalue weighted by Crippen LogP contribution is 2.23. The maximum absolute atomic E-state index is 12.5. The number of hydrogen-bond donors (Lipinski definition) is 2. The third-order valence-electron chi connectivity index (χ3n) is 3.48. The first kappa shape index (κ1) is 20.7. The molecule has 0 radical (unpaired) electrons. The van der Waals surface area contributed by atoms with Crippen LogP contribution in [0.2, 0.25) is 5.02 Å². The Labute approximate surface area is 162 Å². The molecule has 0 bridgehead atoms. The van der Waals surface area contributed by atoms with Gasteiger partial charge in [0, 0.05) is 16.6 Å². The first-order valence-electron chi connectivity index (χ1n) is 7.95. The Bertz CT molecular complexity index is 956. The van der Waals surface area contributed by atoms with Crippen molar-refractivity contribution in [3.63, 3.8) is 0 Å². The number of sulfonamides is 1. The zero-order valence-electron chi connectivity index (χ0n) is 14.9. The predicted octanol–water partition coefficient (Wildman–Crippen LogP) is 2.61. The molecule has 0 unspecified atom stereocenters. The van der Waals surface area contributed by atoms with Gasteiger partial charge in [0.25, 0.3) is 21.8 Å². The number of carbonyl (C=O) groups is 2. The van der Waals surface area contributed by atoms with E-state index in [4.69, 9.17) is 16.3 Å². The molecule has 0 aliphatic rings. The number of amides is 2. The third-order valence-corrected chi connectivity index (χ3v) is 5.06. The molecule has 0 aliphatic carbocycles. The highest BCUT2D eigenvalue weighted by molar-refractivity contribution is 7.90. The molecule has 0 fully saturated rings. The van der Waals surface area contributed by atoms with E-state index in [1.165, 1.54) is 49.6 Å². The lowest BCUT2D eigenvalue weighted by atomic mass is 10.2. The second-order valence-electron chi connectivity index (χ2n) is 5.93. The van der Waals surface area contributed by atoms with Gasteiger partial charge in [0.15, 0.2) is 0 Å². The Balaban J connectivity index is 2.23. The maximum atomic E-state index is 12.5. The molecule has 0 saturated carbocycles. The SMILES string of the molecule is COc1ccc(Cl)cc1C(=O)NS(=O)(=O)c1ccc(C(=O)NC(C)C)cc1. The molecule has 0 heterocycles. The van der Waals surface area contributed by atoms with Crippen LogP contribution in [0, 0.1) is 0 Å². The minimum atomic E-state index is -4.14. The monoisotopic (exact) mass is 410 g/mol. The van der Waals surface area contributed by atoms with E-state index in [2.05, 4.69) is 5.32 Å². The van der Waals surface area contributed by atoms with Crippen molar-refractivity contribution in [2.24, 2.45) is 0 Å². The fourth-order valence-corrected chi connectivity index (χ4v) is 3.36. The number of hydrogen-bond acceptors (Lipinski definition) is 5. The van der Waals surface area contributed by atoms with Crippen LogP contribution in [0.15, 0.2) is 47.4 Å². The van der Waals surface area contributed by atoms with Gasteiger partial charge in [-0.2, -0.15) is 0 Å². The number of methoxy groups -OCH3 is 1. The molecule has 2 amide bonds. The van der Waals surface area contributed by atoms with Crippen molar-refractivity contribution in [1.29, 1.82) is 0 Å². The molecule has 9 heteroatoms. The lowest BCUT2D eigenvalue weighted by Crippen LogP contribution is -2.31. The van der Waals surface area contributed by atoms with Gasteiger partial charge in [-0.25, -0.2) is 13.1 Å². The van der Waals surface area contributed by atoms with Crippen LogP contribution >= 0.6 is 11.6 Å². The fourth-order valence-electron chi connectivity index (χ4n) is 2.22. The molecule has 0 saturated heterocycles. The summed E-state index contributed by atoms with van der Waals surface area (Å²) in [7, 11) is -2.78. The maximum Gasteiger partial charge on any atom is 0.268 e. The van der Waals surface area contributed by atoms with Crippen LogP contribution < -0.4 is 14.8 Å². The van der Waals surface area contributed by atoms with Crippen molar-refractivity contribution in [2.45, 2.75) is 24.8 Å². The Hall–Kier alpha value is -2.58. The summed E-state index contributed by atoms with van der Waals surface area (Å²) in [5.41, 5.74) is 0.298. The van der Waals surface area contributed by atoms with Crippen LogP contribution in [-0.2, 0) is 10.0 Å². The summed E-state index contributed by atoms with van der Waals surface area (Å²) < 4.78 is 31.9. The summed E-state index contributed by atoms with van der Waals surface area (Å²) >= 11 is 5.87. The van der Waals surface area contributed by atoms with Gasteiger partial charge in [0.2, 0.25) is 0 Å². The second-order valence-corrected chi connectivity index (χ2v) is 8.05. The lowest BCUT2D eigenvalue weighted by molar-refractivity contribution is 0.0940. The molecule has 2 N–H and O–H groups in total. The summed E-state index contributed by atoms with van der Waals surface area (Å²) in [5, 5.41) is 2.97. The number of nitrogens with one attached hydrogen (secondary N) is 2. The average Bonchev–Trinajstić information content (AvgIpc) is 2.60. The molecule has 2 rings (SSSR count). The molecule has 144 valence electrons. The number of carbonyl (C=O) groups excluding carboxylic acids is 2. The minimum Gasteiger partial charge on any atom is -0.496 e. The van der Waals surface area contributed by atoms with Crippen molar-refractivity contribution in [3.05, 3.63) is 58.6 Å². The van der Waals surface area contributed by atoms with Gasteiger partial charge in [-0.1, -0.05) is 11.6 Å². The summed E-state index contributed by atoms with van der Waals surface area (Å²) in [6.45, 7) is 3.63. The molecule has 7 nitrogen and oxygen atoms in total. The first-order chi connectivity index (χ1) is 12.6. The number of benzene rings is 2. The summed E-state index contributed by atoms with van der Waals surface area (Å²) in [6, 6.07) is 9.49. The Kier molecular flexibility index (Phi) is 6.45. The van der Waals surface area contributed by atoms with Crippen molar-refractivity contribution in [1.82, 2.24) is 10.0 Å². The van der Waals surface area contributed by atoms with E-state index < -0.39 is 15.9 Å². The van der Waals surface area contributed by atoms with Gasteiger partial charge in [-0.05, 0) is 56.3 Å². The molecule has 2 aromatic rings. The molecule has 0 aliphatic heterocycles. The van der Waals surface area contributed by atoms with E-state index in [0.29, 0.717) is 5.56 Å². The van der Waals surface area contributed by atoms with Gasteiger partial charge < -0.3 is 10.1 Å². The smallest absolute Gasteiger partial charge is 0.268 e. The van der Waals surface area contributed by atoms with Crippen molar-refractivity contribution in [3.8, 4) is 5.75 Å². The van der Waals surface area contributed by atoms with Gasteiger partial charge in [0.1, 0.15) is 5.75 Å². The van der Waals surface area contributed by atoms with Crippen LogP contribution in [0.3, 0.4) is 0 Å². The van der Waals surface area contributed by atoms with E-state index in [0.717, 1.165) is 0 Å². The minimum absolute atomic E-state index is 0.0125. The Morgan fingerprint density at radius 2 is 1.67 bits per heavy atom. The van der Waals surface area contributed by atoms with Crippen molar-refractivity contribution < 1.29 is 22.7 Å². The van der Waals surface area contributed by atoms with E-state index in [-0.39, 0.29) is 33.2 Å². The number of ether oxygens (including phenoxy) is 1. The standard InChI is InChI=1S/C18H19ClN2O5S/c1-11(2)20-17(22)12-4-7-14(8-5-12)27(24,25)21-18(23)15-10-13(19)6-9-16(15)26-3/h4-11H,1-3H3,(H,20,22)(H,21,23). The lowest BCUT2D eigenvalue weighted by Gasteiger charge is -2.11. The number of halogens is 1. The molecule has 27 heavy (non-hydrogen) atoms. The largest absolute Gasteiger partial charge is 0.496 e. The second kappa shape index (κ2) is 8.41. The van der Waals surface area contributed by atoms with Gasteiger partial charge in [-0.15, -0.1) is 0 Å². The Morgan fingerprint density at radius 1 is 1.04 bits per heavy atom. The van der Waals surface area contributed by atoms with Crippen LogP contribution in [0.5, 0.6) is 5.75 Å². The molecule has 0 aromatic heterocycles. The zero-order valence-corrected chi connectivity index (χ0v) is 16.5. The molecular formula is C18H19ClN2O5S. The van der Waals surface area contributed by atoms with Gasteiger partial charge >= 0.3 is 0 Å². The fraction of sp³-hybridized carbons (Fsp3) is 0.222. The van der Waals surface area contributed by atoms with Gasteiger partial charge in [-0.3, -0.25) is 9.59 Å². The third kappa shape index (κ3) is 5.21. The van der Waals surface area contributed by atoms with Crippen LogP contribution in [-0.4, -0.2) is 33.4 Å². The Morgan fingerprint density at radius 3 is 2.22 bits per heavy atom. The quantitative estimate of drug-likeness (QED) is 0.762.